The van der Waals surface area contributed by atoms with Gasteiger partial charge in [-0.15, -0.1) is 0 Å². The van der Waals surface area contributed by atoms with E-state index >= 15 is 0 Å². The van der Waals surface area contributed by atoms with Crippen molar-refractivity contribution in [1.82, 2.24) is 15.0 Å². The Kier molecular flexibility index (Phi) is 2.86. The van der Waals surface area contributed by atoms with Crippen LogP contribution in [0.15, 0.2) is 17.3 Å². The first-order valence-corrected chi connectivity index (χ1v) is 8.07. The maximum absolute atomic E-state index is 13.1. The standard InChI is InChI=1S/C8H8FN3O4S2/c1-17(13,14)4-6-11-7-5(2-3-10-7)8(12-6)18(9,15)16/h2-3H,4H2,1H3,(H,10,11,12). The second-order valence-electron chi connectivity index (χ2n) is 3.69. The van der Waals surface area contributed by atoms with Gasteiger partial charge in [-0.05, 0) is 6.07 Å². The summed E-state index contributed by atoms with van der Waals surface area (Å²) in [5.41, 5.74) is 0.0693. The average molecular weight is 293 g/mol. The van der Waals surface area contributed by atoms with Gasteiger partial charge < -0.3 is 4.98 Å². The summed E-state index contributed by atoms with van der Waals surface area (Å²) >= 11 is 0. The van der Waals surface area contributed by atoms with E-state index < -0.39 is 30.8 Å². The zero-order chi connectivity index (χ0) is 13.6. The Morgan fingerprint density at radius 1 is 1.28 bits per heavy atom. The van der Waals surface area contributed by atoms with Crippen LogP contribution in [-0.2, 0) is 25.8 Å². The van der Waals surface area contributed by atoms with Gasteiger partial charge in [0.15, 0.2) is 14.9 Å². The molecule has 0 fully saturated rings. The van der Waals surface area contributed by atoms with Gasteiger partial charge in [0.25, 0.3) is 0 Å². The highest BCUT2D eigenvalue weighted by atomic mass is 32.3. The predicted octanol–water partition coefficient (Wildman–Crippen LogP) is 0.161. The first-order valence-electron chi connectivity index (χ1n) is 4.63. The van der Waals surface area contributed by atoms with Crippen molar-refractivity contribution >= 4 is 31.1 Å². The molecule has 0 aliphatic rings. The molecular formula is C8H8FN3O4S2. The normalized spacial score (nSPS) is 13.0. The number of halogens is 1. The quantitative estimate of drug-likeness (QED) is 0.637. The Bertz CT molecular complexity index is 810. The van der Waals surface area contributed by atoms with Gasteiger partial charge in [-0.3, -0.25) is 0 Å². The summed E-state index contributed by atoms with van der Waals surface area (Å²) in [5, 5.41) is -0.845. The van der Waals surface area contributed by atoms with E-state index in [2.05, 4.69) is 15.0 Å². The van der Waals surface area contributed by atoms with Crippen LogP contribution in [0, 0.1) is 0 Å². The Balaban J connectivity index is 2.73. The van der Waals surface area contributed by atoms with Gasteiger partial charge >= 0.3 is 10.2 Å². The number of H-pyrrole nitrogens is 1. The molecule has 0 spiro atoms. The maximum Gasteiger partial charge on any atom is 0.350 e. The molecule has 10 heteroatoms. The number of aromatic nitrogens is 3. The first kappa shape index (κ1) is 12.9. The number of fused-ring (bicyclic) bond motifs is 1. The summed E-state index contributed by atoms with van der Waals surface area (Å²) in [5.74, 6) is -0.839. The van der Waals surface area contributed by atoms with Crippen LogP contribution in [0.3, 0.4) is 0 Å². The molecule has 0 aromatic carbocycles. The van der Waals surface area contributed by atoms with Gasteiger partial charge in [0.05, 0.1) is 5.39 Å². The number of rotatable bonds is 3. The molecule has 2 heterocycles. The monoisotopic (exact) mass is 293 g/mol. The number of sulfone groups is 1. The van der Waals surface area contributed by atoms with Gasteiger partial charge in [-0.25, -0.2) is 18.4 Å². The fourth-order valence-corrected chi connectivity index (χ4v) is 2.68. The van der Waals surface area contributed by atoms with E-state index in [4.69, 9.17) is 0 Å². The van der Waals surface area contributed by atoms with Crippen LogP contribution in [0.4, 0.5) is 3.89 Å². The first-order chi connectivity index (χ1) is 8.17. The molecule has 7 nitrogen and oxygen atoms in total. The van der Waals surface area contributed by atoms with Crippen LogP contribution in [0.25, 0.3) is 11.0 Å². The highest BCUT2D eigenvalue weighted by Crippen LogP contribution is 2.21. The summed E-state index contributed by atoms with van der Waals surface area (Å²) in [6.07, 6.45) is 2.30. The molecule has 18 heavy (non-hydrogen) atoms. The SMILES string of the molecule is CS(=O)(=O)Cc1nc(S(=O)(=O)F)c2cc[nH]c2n1. The molecule has 0 unspecified atom stereocenters. The van der Waals surface area contributed by atoms with E-state index in [1.165, 1.54) is 12.3 Å². The maximum atomic E-state index is 13.1. The molecule has 0 atom stereocenters. The van der Waals surface area contributed by atoms with E-state index in [-0.39, 0.29) is 16.9 Å². The van der Waals surface area contributed by atoms with Crippen LogP contribution >= 0.6 is 0 Å². The summed E-state index contributed by atoms with van der Waals surface area (Å²) < 4.78 is 57.2. The second kappa shape index (κ2) is 3.99. The second-order valence-corrected chi connectivity index (χ2v) is 7.10. The van der Waals surface area contributed by atoms with E-state index in [1.54, 1.807) is 0 Å². The summed E-state index contributed by atoms with van der Waals surface area (Å²) in [6.45, 7) is 0. The Labute approximate surface area is 102 Å². The van der Waals surface area contributed by atoms with Crippen molar-refractivity contribution in [3.63, 3.8) is 0 Å². The lowest BCUT2D eigenvalue weighted by Crippen LogP contribution is -2.08. The van der Waals surface area contributed by atoms with Gasteiger partial charge in [-0.1, -0.05) is 3.89 Å². The fraction of sp³-hybridized carbons (Fsp3) is 0.250. The minimum absolute atomic E-state index is 0.0187. The molecule has 2 aromatic rings. The molecule has 98 valence electrons. The van der Waals surface area contributed by atoms with Crippen molar-refractivity contribution in [1.29, 1.82) is 0 Å². The molecule has 0 saturated carbocycles. The van der Waals surface area contributed by atoms with E-state index in [0.29, 0.717) is 0 Å². The van der Waals surface area contributed by atoms with Crippen molar-refractivity contribution in [2.45, 2.75) is 10.8 Å². The Morgan fingerprint density at radius 2 is 1.94 bits per heavy atom. The largest absolute Gasteiger partial charge is 0.350 e. The van der Waals surface area contributed by atoms with Crippen LogP contribution in [0.1, 0.15) is 5.82 Å². The van der Waals surface area contributed by atoms with Crippen LogP contribution in [-0.4, -0.2) is 38.0 Å². The third kappa shape index (κ3) is 2.64. The smallest absolute Gasteiger partial charge is 0.346 e. The van der Waals surface area contributed by atoms with Crippen LogP contribution in [0.2, 0.25) is 0 Å². The van der Waals surface area contributed by atoms with Crippen LogP contribution in [0.5, 0.6) is 0 Å². The van der Waals surface area contributed by atoms with Gasteiger partial charge in [-0.2, -0.15) is 8.42 Å². The number of hydrogen-bond acceptors (Lipinski definition) is 6. The van der Waals surface area contributed by atoms with Crippen molar-refractivity contribution in [3.8, 4) is 0 Å². The van der Waals surface area contributed by atoms with Crippen molar-refractivity contribution in [3.05, 3.63) is 18.1 Å². The summed E-state index contributed by atoms with van der Waals surface area (Å²) in [4.78, 5) is 9.86. The number of aromatic amines is 1. The van der Waals surface area contributed by atoms with Crippen LogP contribution < -0.4 is 0 Å². The Morgan fingerprint density at radius 3 is 2.50 bits per heavy atom. The molecule has 0 aliphatic heterocycles. The van der Waals surface area contributed by atoms with E-state index in [1.807, 2.05) is 0 Å². The number of nitrogens with one attached hydrogen (secondary N) is 1. The van der Waals surface area contributed by atoms with Gasteiger partial charge in [0, 0.05) is 12.5 Å². The zero-order valence-corrected chi connectivity index (χ0v) is 10.7. The molecule has 0 bridgehead atoms. The lowest BCUT2D eigenvalue weighted by Gasteiger charge is -2.02. The molecule has 0 amide bonds. The molecule has 0 saturated heterocycles. The van der Waals surface area contributed by atoms with Gasteiger partial charge in [0.1, 0.15) is 17.2 Å². The summed E-state index contributed by atoms with van der Waals surface area (Å²) in [6, 6.07) is 1.30. The van der Waals surface area contributed by atoms with Crippen molar-refractivity contribution in [2.75, 3.05) is 6.26 Å². The number of hydrogen-bond donors (Lipinski definition) is 1. The van der Waals surface area contributed by atoms with Crippen molar-refractivity contribution in [2.24, 2.45) is 0 Å². The predicted molar refractivity (Wildman–Crippen MR) is 60.7 cm³/mol. The minimum atomic E-state index is -5.04. The minimum Gasteiger partial charge on any atom is -0.346 e. The lowest BCUT2D eigenvalue weighted by atomic mass is 10.4. The zero-order valence-electron chi connectivity index (χ0n) is 9.08. The third-order valence-corrected chi connectivity index (χ3v) is 3.60. The van der Waals surface area contributed by atoms with E-state index in [9.17, 15) is 20.7 Å². The lowest BCUT2D eigenvalue weighted by molar-refractivity contribution is 0.548. The third-order valence-electron chi connectivity index (χ3n) is 2.05. The van der Waals surface area contributed by atoms with E-state index in [0.717, 1.165) is 6.26 Å². The molecule has 0 radical (unpaired) electrons. The topological polar surface area (TPSA) is 110 Å². The highest BCUT2D eigenvalue weighted by Gasteiger charge is 2.22. The fourth-order valence-electron chi connectivity index (χ4n) is 1.44. The molecule has 1 N–H and O–H groups in total. The molecular weight excluding hydrogens is 285 g/mol. The van der Waals surface area contributed by atoms with Gasteiger partial charge in [0.2, 0.25) is 0 Å². The molecule has 0 aliphatic carbocycles. The summed E-state index contributed by atoms with van der Waals surface area (Å²) in [7, 11) is -8.49. The molecule has 2 aromatic heterocycles. The highest BCUT2D eigenvalue weighted by molar-refractivity contribution is 7.89. The van der Waals surface area contributed by atoms with Crippen molar-refractivity contribution < 1.29 is 20.7 Å². The molecule has 2 rings (SSSR count). The average Bonchev–Trinajstić information content (AvgIpc) is 2.59. The Hall–Kier alpha value is -1.55. The number of nitrogens with zero attached hydrogens (tertiary/aromatic N) is 2.